The summed E-state index contributed by atoms with van der Waals surface area (Å²) < 4.78 is 39.0. The van der Waals surface area contributed by atoms with Crippen LogP contribution in [0.1, 0.15) is 70.4 Å². The molecule has 16 heteroatoms. The Hall–Kier alpha value is -3.60. The molecule has 1 heterocycles. The number of hydrogen-bond donors (Lipinski definition) is 5. The van der Waals surface area contributed by atoms with Crippen molar-refractivity contribution in [3.05, 3.63) is 70.7 Å². The second-order valence-corrected chi connectivity index (χ2v) is 16.7. The number of carboxylic acids is 1. The van der Waals surface area contributed by atoms with E-state index in [1.54, 1.807) is 75.4 Å². The number of aliphatic carboxylic acids is 1. The Morgan fingerprint density at radius 2 is 1.66 bits per heavy atom. The molecule has 1 saturated heterocycles. The van der Waals surface area contributed by atoms with E-state index in [1.807, 2.05) is 0 Å². The molecule has 1 fully saturated rings. The van der Waals surface area contributed by atoms with E-state index in [1.165, 1.54) is 4.90 Å². The summed E-state index contributed by atoms with van der Waals surface area (Å²) in [5.41, 5.74) is 6.66. The first-order valence-electron chi connectivity index (χ1n) is 17.7. The molecule has 1 aliphatic heterocycles. The molecular weight excluding hydrogens is 728 g/mol. The van der Waals surface area contributed by atoms with Crippen molar-refractivity contribution in [2.45, 2.75) is 108 Å². The molecule has 2 unspecified atom stereocenters. The highest BCUT2D eigenvalue weighted by molar-refractivity contribution is 7.88. The Labute approximate surface area is 316 Å². The number of sulfonamides is 1. The summed E-state index contributed by atoms with van der Waals surface area (Å²) in [4.78, 5) is 53.8. The van der Waals surface area contributed by atoms with Crippen LogP contribution in [0.2, 0.25) is 5.02 Å². The highest BCUT2D eigenvalue weighted by Gasteiger charge is 2.44. The van der Waals surface area contributed by atoms with Gasteiger partial charge in [0.25, 0.3) is 0 Å². The third-order valence-corrected chi connectivity index (χ3v) is 9.74. The first-order valence-corrected chi connectivity index (χ1v) is 19.9. The lowest BCUT2D eigenvalue weighted by molar-refractivity contribution is -0.155. The fourth-order valence-corrected chi connectivity index (χ4v) is 7.10. The van der Waals surface area contributed by atoms with Gasteiger partial charge in [0, 0.05) is 24.4 Å². The van der Waals surface area contributed by atoms with Crippen molar-refractivity contribution >= 4 is 45.4 Å². The van der Waals surface area contributed by atoms with Crippen LogP contribution in [0.25, 0.3) is 0 Å². The molecule has 2 aromatic rings. The van der Waals surface area contributed by atoms with Crippen LogP contribution >= 0.6 is 11.6 Å². The van der Waals surface area contributed by atoms with Gasteiger partial charge in [0.1, 0.15) is 17.7 Å². The zero-order valence-electron chi connectivity index (χ0n) is 30.7. The SMILES string of the molecule is CC(C)(C)OC(=O)CCC(CCN)CC[C@@H](NS(C)(=O)=O)C(=O)N1C[C@H](OCc2ccc(Cl)cc2)C[C@H]1C(=O)N[C@@H](Cc1ccccc1)C(O)C(=O)O. The number of halogens is 1. The summed E-state index contributed by atoms with van der Waals surface area (Å²) in [6.07, 6.45) is -0.242. The summed E-state index contributed by atoms with van der Waals surface area (Å²) >= 11 is 6.01. The minimum atomic E-state index is -3.92. The second kappa shape index (κ2) is 20.2. The van der Waals surface area contributed by atoms with Gasteiger partial charge in [0.05, 0.1) is 25.0 Å². The maximum absolute atomic E-state index is 14.3. The molecule has 0 bridgehead atoms. The minimum absolute atomic E-state index is 0.0126. The Balaban J connectivity index is 1.86. The quantitative estimate of drug-likeness (QED) is 0.123. The molecule has 6 N–H and O–H groups in total. The number of carbonyl (C=O) groups is 4. The number of benzene rings is 2. The lowest BCUT2D eigenvalue weighted by atomic mass is 9.92. The predicted molar refractivity (Wildman–Crippen MR) is 199 cm³/mol. The second-order valence-electron chi connectivity index (χ2n) is 14.5. The number of carboxylic acid groups (broad SMARTS) is 1. The van der Waals surface area contributed by atoms with Crippen LogP contribution in [-0.4, -0.2) is 103 Å². The van der Waals surface area contributed by atoms with Gasteiger partial charge < -0.3 is 35.6 Å². The van der Waals surface area contributed by atoms with E-state index in [2.05, 4.69) is 10.0 Å². The molecule has 294 valence electrons. The summed E-state index contributed by atoms with van der Waals surface area (Å²) in [6.45, 7) is 5.69. The fraction of sp³-hybridized carbons (Fsp3) is 0.568. The Bertz CT molecular complexity index is 1620. The highest BCUT2D eigenvalue weighted by Crippen LogP contribution is 2.26. The van der Waals surface area contributed by atoms with Crippen LogP contribution < -0.4 is 15.8 Å². The van der Waals surface area contributed by atoms with Crippen molar-refractivity contribution in [1.29, 1.82) is 0 Å². The first-order chi connectivity index (χ1) is 24.8. The van der Waals surface area contributed by atoms with Gasteiger partial charge in [-0.3, -0.25) is 14.4 Å². The average molecular weight is 781 g/mol. The lowest BCUT2D eigenvalue weighted by Crippen LogP contribution is -2.56. The maximum Gasteiger partial charge on any atom is 0.334 e. The standard InChI is InChI=1S/C37H53ClN4O10S/c1-37(2,3)52-32(43)17-13-24(18-19-39)12-16-29(41-53(4,49)50)35(46)42-22-28(51-23-26-10-14-27(38)15-11-26)21-31(42)34(45)40-30(33(44)36(47)48)20-25-8-6-5-7-9-25/h5-11,14-15,24,28-31,33,41,44H,12-13,16-23,39H2,1-4H3,(H,40,45)(H,47,48)/t24?,28-,29-,30+,31+,33?/m1/s1. The van der Waals surface area contributed by atoms with Gasteiger partial charge in [-0.2, -0.15) is 0 Å². The number of carbonyl (C=O) groups excluding carboxylic acids is 3. The number of ether oxygens (including phenoxy) is 2. The number of nitrogens with one attached hydrogen (secondary N) is 2. The summed E-state index contributed by atoms with van der Waals surface area (Å²) in [7, 11) is -3.92. The molecule has 53 heavy (non-hydrogen) atoms. The average Bonchev–Trinajstić information content (AvgIpc) is 3.51. The summed E-state index contributed by atoms with van der Waals surface area (Å²) in [6, 6.07) is 12.0. The summed E-state index contributed by atoms with van der Waals surface area (Å²) in [5, 5.41) is 23.4. The fourth-order valence-electron chi connectivity index (χ4n) is 6.24. The van der Waals surface area contributed by atoms with Crippen molar-refractivity contribution < 1.29 is 47.3 Å². The number of likely N-dealkylation sites (tertiary alicyclic amines) is 1. The summed E-state index contributed by atoms with van der Waals surface area (Å²) in [5.74, 6) is -3.45. The van der Waals surface area contributed by atoms with Crippen LogP contribution in [-0.2, 0) is 51.7 Å². The number of rotatable bonds is 20. The first kappa shape index (κ1) is 43.8. The largest absolute Gasteiger partial charge is 0.479 e. The van der Waals surface area contributed by atoms with Crippen LogP contribution in [0.3, 0.4) is 0 Å². The molecule has 0 aromatic heterocycles. The smallest absolute Gasteiger partial charge is 0.334 e. The van der Waals surface area contributed by atoms with E-state index < -0.39 is 63.7 Å². The maximum atomic E-state index is 14.3. The Morgan fingerprint density at radius 1 is 1.00 bits per heavy atom. The number of nitrogens with two attached hydrogens (primary N) is 1. The van der Waals surface area contributed by atoms with Crippen LogP contribution in [0, 0.1) is 5.92 Å². The molecule has 0 aliphatic carbocycles. The number of esters is 1. The van der Waals surface area contributed by atoms with Crippen molar-refractivity contribution in [1.82, 2.24) is 14.9 Å². The third-order valence-electron chi connectivity index (χ3n) is 8.78. The van der Waals surface area contributed by atoms with Crippen molar-refractivity contribution in [3.63, 3.8) is 0 Å². The number of aliphatic hydroxyl groups is 1. The number of hydrogen-bond acceptors (Lipinski definition) is 10. The van der Waals surface area contributed by atoms with E-state index in [-0.39, 0.29) is 50.7 Å². The molecule has 6 atom stereocenters. The van der Waals surface area contributed by atoms with Gasteiger partial charge in [-0.25, -0.2) is 17.9 Å². The van der Waals surface area contributed by atoms with Crippen LogP contribution in [0.4, 0.5) is 0 Å². The van der Waals surface area contributed by atoms with Crippen molar-refractivity contribution in [3.8, 4) is 0 Å². The van der Waals surface area contributed by atoms with Gasteiger partial charge in [0.2, 0.25) is 21.8 Å². The molecule has 0 saturated carbocycles. The molecule has 1 aliphatic rings. The molecule has 2 aromatic carbocycles. The minimum Gasteiger partial charge on any atom is -0.479 e. The molecule has 0 radical (unpaired) electrons. The topological polar surface area (TPSA) is 215 Å². The number of aliphatic hydroxyl groups excluding tert-OH is 1. The molecule has 0 spiro atoms. The van der Waals surface area contributed by atoms with Gasteiger partial charge in [-0.1, -0.05) is 54.1 Å². The zero-order chi connectivity index (χ0) is 39.3. The van der Waals surface area contributed by atoms with Gasteiger partial charge >= 0.3 is 11.9 Å². The van der Waals surface area contributed by atoms with Gasteiger partial charge in [0.15, 0.2) is 6.10 Å². The van der Waals surface area contributed by atoms with Gasteiger partial charge in [-0.15, -0.1) is 0 Å². The van der Waals surface area contributed by atoms with E-state index in [0.717, 1.165) is 11.8 Å². The lowest BCUT2D eigenvalue weighted by Gasteiger charge is -2.30. The number of nitrogens with zero attached hydrogens (tertiary/aromatic N) is 1. The third kappa shape index (κ3) is 15.3. The van der Waals surface area contributed by atoms with E-state index >= 15 is 0 Å². The van der Waals surface area contributed by atoms with E-state index in [9.17, 15) is 37.8 Å². The molecular formula is C37H53ClN4O10S. The zero-order valence-corrected chi connectivity index (χ0v) is 32.3. The van der Waals surface area contributed by atoms with E-state index in [0.29, 0.717) is 36.4 Å². The van der Waals surface area contributed by atoms with Crippen molar-refractivity contribution in [2.75, 3.05) is 19.3 Å². The van der Waals surface area contributed by atoms with Gasteiger partial charge in [-0.05, 0) is 88.6 Å². The normalized spacial score (nSPS) is 18.5. The monoisotopic (exact) mass is 780 g/mol. The molecule has 14 nitrogen and oxygen atoms in total. The van der Waals surface area contributed by atoms with Crippen molar-refractivity contribution in [2.24, 2.45) is 11.7 Å². The van der Waals surface area contributed by atoms with Crippen LogP contribution in [0.5, 0.6) is 0 Å². The Kier molecular flexibility index (Phi) is 16.7. The molecule has 2 amide bonds. The Morgan fingerprint density at radius 3 is 2.25 bits per heavy atom. The van der Waals surface area contributed by atoms with E-state index in [4.69, 9.17) is 26.8 Å². The number of amides is 2. The molecule has 3 rings (SSSR count). The predicted octanol–water partition coefficient (Wildman–Crippen LogP) is 2.78. The van der Waals surface area contributed by atoms with Crippen LogP contribution in [0.15, 0.2) is 54.6 Å². The highest BCUT2D eigenvalue weighted by atomic mass is 35.5.